The van der Waals surface area contributed by atoms with Gasteiger partial charge in [-0.2, -0.15) is 0 Å². The van der Waals surface area contributed by atoms with Gasteiger partial charge < -0.3 is 20.1 Å². The van der Waals surface area contributed by atoms with Gasteiger partial charge in [0.1, 0.15) is 5.56 Å². The number of ether oxygens (including phenoxy) is 1. The lowest BCUT2D eigenvalue weighted by Gasteiger charge is -2.35. The second kappa shape index (κ2) is 7.90. The van der Waals surface area contributed by atoms with Gasteiger partial charge in [-0.05, 0) is 54.9 Å². The molecular weight excluding hydrogens is 448 g/mol. The molecule has 8 heteroatoms. The van der Waals surface area contributed by atoms with Crippen molar-refractivity contribution in [3.63, 3.8) is 0 Å². The molecule has 2 aliphatic rings. The summed E-state index contributed by atoms with van der Waals surface area (Å²) in [6.07, 6.45) is 5.45. The molecule has 2 aromatic heterocycles. The van der Waals surface area contributed by atoms with E-state index in [9.17, 15) is 14.7 Å². The van der Waals surface area contributed by atoms with E-state index in [1.165, 1.54) is 16.6 Å². The fourth-order valence-corrected chi connectivity index (χ4v) is 6.06. The highest BCUT2D eigenvalue weighted by Gasteiger charge is 2.35. The number of aromatic nitrogens is 1. The largest absolute Gasteiger partial charge is 0.494 e. The second-order valence-electron chi connectivity index (χ2n) is 9.32. The van der Waals surface area contributed by atoms with E-state index >= 15 is 0 Å². The molecule has 170 valence electrons. The lowest BCUT2D eigenvalue weighted by Crippen LogP contribution is -2.32. The molecule has 3 aromatic rings. The predicted molar refractivity (Wildman–Crippen MR) is 130 cm³/mol. The number of methoxy groups -OCH3 is 1. The maximum absolute atomic E-state index is 12.9. The van der Waals surface area contributed by atoms with Crippen LogP contribution in [0.1, 0.15) is 66.0 Å². The molecule has 1 fully saturated rings. The first-order chi connectivity index (χ1) is 14.7. The van der Waals surface area contributed by atoms with Gasteiger partial charge >= 0.3 is 5.97 Å². The third-order valence-corrected chi connectivity index (χ3v) is 8.09. The van der Waals surface area contributed by atoms with E-state index in [0.29, 0.717) is 16.7 Å². The number of carboxylic acids is 1. The van der Waals surface area contributed by atoms with Gasteiger partial charge in [-0.1, -0.05) is 13.8 Å². The van der Waals surface area contributed by atoms with Gasteiger partial charge in [0, 0.05) is 33.6 Å². The Morgan fingerprint density at radius 1 is 1.31 bits per heavy atom. The van der Waals surface area contributed by atoms with E-state index in [2.05, 4.69) is 19.9 Å². The smallest absolute Gasteiger partial charge is 0.341 e. The van der Waals surface area contributed by atoms with E-state index in [1.807, 2.05) is 10.6 Å². The third kappa shape index (κ3) is 3.43. The molecule has 1 unspecified atom stereocenters. The average Bonchev–Trinajstić information content (AvgIpc) is 3.48. The number of aryl methyl sites for hydroxylation is 1. The lowest BCUT2D eigenvalue weighted by atomic mass is 9.74. The number of carboxylic acid groups (broad SMARTS) is 1. The highest BCUT2D eigenvalue weighted by Crippen LogP contribution is 2.49. The number of fused-ring (bicyclic) bond motifs is 2. The van der Waals surface area contributed by atoms with Crippen molar-refractivity contribution in [2.24, 2.45) is 11.1 Å². The van der Waals surface area contributed by atoms with Gasteiger partial charge in [0.25, 0.3) is 0 Å². The van der Waals surface area contributed by atoms with Crippen molar-refractivity contribution in [2.45, 2.75) is 51.6 Å². The SMILES string of the molecule is COc1c(-c2cc3c(s2)C(N)C(C)(C)CC3)ccc2c(=O)c(C(=O)O)cn(C3CC3)c12.Cl. The first kappa shape index (κ1) is 22.8. The van der Waals surface area contributed by atoms with E-state index in [0.717, 1.165) is 36.1 Å². The summed E-state index contributed by atoms with van der Waals surface area (Å²) in [5.74, 6) is -0.586. The van der Waals surface area contributed by atoms with Crippen LogP contribution in [0.4, 0.5) is 0 Å². The van der Waals surface area contributed by atoms with Crippen LogP contribution in [0.5, 0.6) is 5.75 Å². The number of nitrogens with zero attached hydrogens (tertiary/aromatic N) is 1. The summed E-state index contributed by atoms with van der Waals surface area (Å²) in [7, 11) is 1.60. The number of halogens is 1. The van der Waals surface area contributed by atoms with E-state index in [-0.39, 0.29) is 35.5 Å². The normalized spacial score (nSPS) is 19.3. The summed E-state index contributed by atoms with van der Waals surface area (Å²) < 4.78 is 7.78. The zero-order chi connectivity index (χ0) is 22.1. The fraction of sp³-hybridized carbons (Fsp3) is 0.417. The Bertz CT molecular complexity index is 1290. The number of hydrogen-bond acceptors (Lipinski definition) is 5. The number of nitrogens with two attached hydrogens (primary N) is 1. The number of rotatable bonds is 4. The number of benzene rings is 1. The molecule has 1 saturated carbocycles. The van der Waals surface area contributed by atoms with Crippen LogP contribution in [-0.4, -0.2) is 22.8 Å². The standard InChI is InChI=1S/C24H26N2O4S.ClH/c1-24(2)9-8-12-10-17(31-21(12)22(24)25)14-6-7-15-18(20(14)30-3)26(13-4-5-13)11-16(19(15)27)23(28)29;/h6-7,10-11,13,22H,4-5,8-9,25H2,1-3H3,(H,28,29);1H. The van der Waals surface area contributed by atoms with Crippen molar-refractivity contribution in [1.82, 2.24) is 4.57 Å². The summed E-state index contributed by atoms with van der Waals surface area (Å²) in [4.78, 5) is 26.8. The molecular formula is C24H27ClN2O4S. The van der Waals surface area contributed by atoms with Crippen LogP contribution in [0, 0.1) is 5.41 Å². The fourth-order valence-electron chi connectivity index (χ4n) is 4.61. The van der Waals surface area contributed by atoms with Gasteiger partial charge in [-0.3, -0.25) is 4.79 Å². The Balaban J connectivity index is 0.00000245. The Labute approximate surface area is 196 Å². The highest BCUT2D eigenvalue weighted by molar-refractivity contribution is 7.15. The quantitative estimate of drug-likeness (QED) is 0.544. The third-order valence-electron chi connectivity index (χ3n) is 6.79. The van der Waals surface area contributed by atoms with Crippen LogP contribution in [-0.2, 0) is 6.42 Å². The predicted octanol–water partition coefficient (Wildman–Crippen LogP) is 5.17. The van der Waals surface area contributed by atoms with Crippen molar-refractivity contribution >= 4 is 40.6 Å². The zero-order valence-corrected chi connectivity index (χ0v) is 19.9. The van der Waals surface area contributed by atoms with Gasteiger partial charge in [0.15, 0.2) is 5.75 Å². The Kier molecular flexibility index (Phi) is 5.64. The second-order valence-corrected chi connectivity index (χ2v) is 10.4. The van der Waals surface area contributed by atoms with Gasteiger partial charge in [0.05, 0.1) is 18.0 Å². The molecule has 1 aromatic carbocycles. The molecule has 3 N–H and O–H groups in total. The topological polar surface area (TPSA) is 94.6 Å². The molecule has 0 spiro atoms. The molecule has 0 aliphatic heterocycles. The van der Waals surface area contributed by atoms with Crippen molar-refractivity contribution in [1.29, 1.82) is 0 Å². The number of thiophene rings is 1. The van der Waals surface area contributed by atoms with E-state index < -0.39 is 11.4 Å². The summed E-state index contributed by atoms with van der Waals surface area (Å²) in [6, 6.07) is 5.99. The van der Waals surface area contributed by atoms with Crippen LogP contribution in [0.25, 0.3) is 21.3 Å². The Hall–Kier alpha value is -2.35. The lowest BCUT2D eigenvalue weighted by molar-refractivity contribution is 0.0695. The minimum Gasteiger partial charge on any atom is -0.494 e. The minimum absolute atomic E-state index is 0. The molecule has 6 nitrogen and oxygen atoms in total. The van der Waals surface area contributed by atoms with Gasteiger partial charge in [-0.25, -0.2) is 4.79 Å². The Morgan fingerprint density at radius 3 is 2.66 bits per heavy atom. The molecule has 5 rings (SSSR count). The molecule has 0 radical (unpaired) electrons. The molecule has 0 amide bonds. The van der Waals surface area contributed by atoms with Crippen LogP contribution in [0.2, 0.25) is 0 Å². The molecule has 2 heterocycles. The van der Waals surface area contributed by atoms with Crippen molar-refractivity contribution < 1.29 is 14.6 Å². The molecule has 0 bridgehead atoms. The average molecular weight is 475 g/mol. The van der Waals surface area contributed by atoms with Crippen LogP contribution in [0.3, 0.4) is 0 Å². The van der Waals surface area contributed by atoms with Gasteiger partial charge in [-0.15, -0.1) is 23.7 Å². The molecule has 2 aliphatic carbocycles. The van der Waals surface area contributed by atoms with Crippen LogP contribution in [0.15, 0.2) is 29.2 Å². The number of pyridine rings is 1. The first-order valence-corrected chi connectivity index (χ1v) is 11.4. The summed E-state index contributed by atoms with van der Waals surface area (Å²) >= 11 is 1.69. The highest BCUT2D eigenvalue weighted by atomic mass is 35.5. The van der Waals surface area contributed by atoms with Crippen LogP contribution >= 0.6 is 23.7 Å². The Morgan fingerprint density at radius 2 is 2.03 bits per heavy atom. The monoisotopic (exact) mass is 474 g/mol. The summed E-state index contributed by atoms with van der Waals surface area (Å²) in [5.41, 5.74) is 8.85. The minimum atomic E-state index is -1.20. The molecule has 0 saturated heterocycles. The van der Waals surface area contributed by atoms with E-state index in [4.69, 9.17) is 10.5 Å². The van der Waals surface area contributed by atoms with Crippen LogP contribution < -0.4 is 15.9 Å². The molecule has 32 heavy (non-hydrogen) atoms. The first-order valence-electron chi connectivity index (χ1n) is 10.6. The maximum atomic E-state index is 12.9. The van der Waals surface area contributed by atoms with Gasteiger partial charge in [0.2, 0.25) is 5.43 Å². The van der Waals surface area contributed by atoms with Crippen molar-refractivity contribution in [2.75, 3.05) is 7.11 Å². The zero-order valence-electron chi connectivity index (χ0n) is 18.3. The summed E-state index contributed by atoms with van der Waals surface area (Å²) in [5, 5.41) is 9.90. The number of hydrogen-bond donors (Lipinski definition) is 2. The van der Waals surface area contributed by atoms with E-state index in [1.54, 1.807) is 24.5 Å². The van der Waals surface area contributed by atoms with Crippen molar-refractivity contribution in [3.05, 3.63) is 50.6 Å². The number of carbonyl (C=O) groups is 1. The maximum Gasteiger partial charge on any atom is 0.341 e. The summed E-state index contributed by atoms with van der Waals surface area (Å²) in [6.45, 7) is 4.43. The molecule has 1 atom stereocenters. The van der Waals surface area contributed by atoms with Crippen molar-refractivity contribution in [3.8, 4) is 16.2 Å². The number of aromatic carboxylic acids is 1.